The molecule has 0 spiro atoms. The zero-order valence-corrected chi connectivity index (χ0v) is 20.5. The number of thioether (sulfide) groups is 1. The highest BCUT2D eigenvalue weighted by Crippen LogP contribution is 2.36. The quantitative estimate of drug-likeness (QED) is 0.403. The van der Waals surface area contributed by atoms with Gasteiger partial charge in [0.15, 0.2) is 5.17 Å². The molecule has 2 aromatic carbocycles. The monoisotopic (exact) mass is 459 g/mol. The number of amides is 1. The summed E-state index contributed by atoms with van der Waals surface area (Å²) in [5.74, 6) is 1.18. The number of carbonyl (C=O) groups excluding carboxylic acids is 1. The maximum atomic E-state index is 13.3. The minimum atomic E-state index is 0.0117. The van der Waals surface area contributed by atoms with E-state index in [0.717, 1.165) is 39.2 Å². The molecule has 1 saturated heterocycles. The average molecular weight is 460 g/mol. The highest BCUT2D eigenvalue weighted by molar-refractivity contribution is 8.18. The Bertz CT molecular complexity index is 1210. The number of ether oxygens (including phenoxy) is 1. The van der Waals surface area contributed by atoms with E-state index in [-0.39, 0.29) is 5.91 Å². The van der Waals surface area contributed by atoms with Crippen LogP contribution in [-0.2, 0) is 4.79 Å². The summed E-state index contributed by atoms with van der Waals surface area (Å²) in [4.78, 5) is 20.6. The summed E-state index contributed by atoms with van der Waals surface area (Å²) >= 11 is 1.44. The van der Waals surface area contributed by atoms with Crippen molar-refractivity contribution in [1.29, 1.82) is 0 Å². The van der Waals surface area contributed by atoms with Crippen molar-refractivity contribution >= 4 is 34.6 Å². The van der Waals surface area contributed by atoms with Gasteiger partial charge in [-0.3, -0.25) is 9.69 Å². The highest BCUT2D eigenvalue weighted by Gasteiger charge is 2.34. The van der Waals surface area contributed by atoms with E-state index >= 15 is 0 Å². The average Bonchev–Trinajstić information content (AvgIpc) is 3.24. The Kier molecular flexibility index (Phi) is 6.75. The Morgan fingerprint density at radius 2 is 1.76 bits per heavy atom. The Labute approximate surface area is 199 Å². The largest absolute Gasteiger partial charge is 0.497 e. The van der Waals surface area contributed by atoms with Crippen molar-refractivity contribution in [2.24, 2.45) is 10.9 Å². The second kappa shape index (κ2) is 9.71. The van der Waals surface area contributed by atoms with E-state index in [9.17, 15) is 4.79 Å². The molecule has 0 atom stereocenters. The number of aromatic nitrogens is 1. The summed E-state index contributed by atoms with van der Waals surface area (Å²) in [5, 5.41) is 0.732. The van der Waals surface area contributed by atoms with Crippen molar-refractivity contribution in [3.63, 3.8) is 0 Å². The highest BCUT2D eigenvalue weighted by atomic mass is 32.2. The number of nitrogens with zero attached hydrogens (tertiary/aromatic N) is 3. The fourth-order valence-corrected chi connectivity index (χ4v) is 4.93. The van der Waals surface area contributed by atoms with Crippen LogP contribution in [0, 0.1) is 19.8 Å². The lowest BCUT2D eigenvalue weighted by Crippen LogP contribution is -2.32. The maximum absolute atomic E-state index is 13.3. The van der Waals surface area contributed by atoms with Crippen LogP contribution in [0.3, 0.4) is 0 Å². The van der Waals surface area contributed by atoms with E-state index in [4.69, 9.17) is 9.73 Å². The number of aliphatic imine (C=N–C) groups is 1. The van der Waals surface area contributed by atoms with Crippen LogP contribution >= 0.6 is 11.8 Å². The van der Waals surface area contributed by atoms with Crippen LogP contribution in [0.1, 0.15) is 30.8 Å². The zero-order valence-electron chi connectivity index (χ0n) is 19.7. The van der Waals surface area contributed by atoms with Crippen LogP contribution in [-0.4, -0.2) is 34.2 Å². The lowest BCUT2D eigenvalue weighted by Gasteiger charge is -2.17. The van der Waals surface area contributed by atoms with Gasteiger partial charge in [0.2, 0.25) is 0 Å². The molecule has 0 N–H and O–H groups in total. The van der Waals surface area contributed by atoms with Crippen LogP contribution < -0.4 is 4.74 Å². The number of amidine groups is 1. The molecule has 1 aliphatic rings. The SMILES string of the molecule is COc1ccc(-n2c(C)cc(/C=C3/SC(=Nc4ccccc4)N(CC(C)C)C3=O)c2C)cc1. The number of rotatable bonds is 6. The van der Waals surface area contributed by atoms with Gasteiger partial charge in [-0.05, 0) is 85.6 Å². The molecular formula is C27H29N3O2S. The van der Waals surface area contributed by atoms with E-state index in [1.54, 1.807) is 12.0 Å². The predicted octanol–water partition coefficient (Wildman–Crippen LogP) is 6.36. The molecule has 0 aliphatic carbocycles. The maximum Gasteiger partial charge on any atom is 0.266 e. The van der Waals surface area contributed by atoms with E-state index in [0.29, 0.717) is 17.4 Å². The summed E-state index contributed by atoms with van der Waals surface area (Å²) in [5.41, 5.74) is 5.14. The van der Waals surface area contributed by atoms with Crippen molar-refractivity contribution in [2.75, 3.05) is 13.7 Å². The van der Waals surface area contributed by atoms with Crippen LogP contribution in [0.25, 0.3) is 11.8 Å². The summed E-state index contributed by atoms with van der Waals surface area (Å²) < 4.78 is 7.48. The minimum Gasteiger partial charge on any atom is -0.497 e. The first kappa shape index (κ1) is 22.9. The first-order valence-corrected chi connectivity index (χ1v) is 11.9. The molecule has 1 fully saturated rings. The Balaban J connectivity index is 1.70. The normalized spacial score (nSPS) is 16.4. The second-order valence-corrected chi connectivity index (χ2v) is 9.52. The number of benzene rings is 2. The molecule has 0 radical (unpaired) electrons. The van der Waals surface area contributed by atoms with Crippen LogP contribution in [0.15, 0.2) is 70.6 Å². The van der Waals surface area contributed by atoms with Crippen LogP contribution in [0.5, 0.6) is 5.75 Å². The molecule has 170 valence electrons. The third-order valence-corrected chi connectivity index (χ3v) is 6.51. The first-order chi connectivity index (χ1) is 15.9. The summed E-state index contributed by atoms with van der Waals surface area (Å²) in [6, 6.07) is 19.9. The lowest BCUT2D eigenvalue weighted by atomic mass is 10.2. The number of hydrogen-bond acceptors (Lipinski definition) is 4. The van der Waals surface area contributed by atoms with Crippen molar-refractivity contribution in [2.45, 2.75) is 27.7 Å². The molecule has 0 bridgehead atoms. The van der Waals surface area contributed by atoms with Gasteiger partial charge in [0.1, 0.15) is 5.75 Å². The lowest BCUT2D eigenvalue weighted by molar-refractivity contribution is -0.122. The molecule has 33 heavy (non-hydrogen) atoms. The molecule has 1 amide bonds. The molecule has 5 nitrogen and oxygen atoms in total. The third-order valence-electron chi connectivity index (χ3n) is 5.50. The van der Waals surface area contributed by atoms with Gasteiger partial charge in [0, 0.05) is 23.6 Å². The molecule has 0 unspecified atom stereocenters. The summed E-state index contributed by atoms with van der Waals surface area (Å²) in [6.07, 6.45) is 2.00. The van der Waals surface area contributed by atoms with Crippen LogP contribution in [0.2, 0.25) is 0 Å². The topological polar surface area (TPSA) is 46.8 Å². The van der Waals surface area contributed by atoms with Gasteiger partial charge >= 0.3 is 0 Å². The fraction of sp³-hybridized carbons (Fsp3) is 0.259. The third kappa shape index (κ3) is 4.91. The molecule has 1 aromatic heterocycles. The number of hydrogen-bond donors (Lipinski definition) is 0. The molecule has 2 heterocycles. The van der Waals surface area contributed by atoms with Gasteiger partial charge in [-0.15, -0.1) is 0 Å². The summed E-state index contributed by atoms with van der Waals surface area (Å²) in [6.45, 7) is 9.03. The Morgan fingerprint density at radius 1 is 1.06 bits per heavy atom. The molecule has 0 saturated carbocycles. The van der Waals surface area contributed by atoms with Crippen molar-refractivity contribution in [3.8, 4) is 11.4 Å². The van der Waals surface area contributed by atoms with E-state index < -0.39 is 0 Å². The Hall–Kier alpha value is -3.25. The standard InChI is InChI=1S/C27H29N3O2S/c1-18(2)17-29-26(31)25(33-27(29)28-22-9-7-6-8-10-22)16-21-15-19(3)30(20(21)4)23-11-13-24(32-5)14-12-23/h6-16,18H,17H2,1-5H3/b25-16+,28-27?. The number of carbonyl (C=O) groups is 1. The van der Waals surface area contributed by atoms with E-state index in [1.165, 1.54) is 11.8 Å². The van der Waals surface area contributed by atoms with Crippen molar-refractivity contribution in [3.05, 3.63) is 82.5 Å². The smallest absolute Gasteiger partial charge is 0.266 e. The Morgan fingerprint density at radius 3 is 2.39 bits per heavy atom. The van der Waals surface area contributed by atoms with Gasteiger partial charge in [0.25, 0.3) is 5.91 Å². The molecule has 4 rings (SSSR count). The second-order valence-electron chi connectivity index (χ2n) is 8.51. The van der Waals surface area contributed by atoms with Gasteiger partial charge in [-0.2, -0.15) is 0 Å². The summed E-state index contributed by atoms with van der Waals surface area (Å²) in [7, 11) is 1.67. The molecule has 3 aromatic rings. The van der Waals surface area contributed by atoms with Crippen molar-refractivity contribution in [1.82, 2.24) is 9.47 Å². The van der Waals surface area contributed by atoms with E-state index in [1.807, 2.05) is 60.7 Å². The first-order valence-electron chi connectivity index (χ1n) is 11.1. The van der Waals surface area contributed by atoms with Crippen LogP contribution in [0.4, 0.5) is 5.69 Å². The zero-order chi connectivity index (χ0) is 23.5. The van der Waals surface area contributed by atoms with Gasteiger partial charge in [-0.1, -0.05) is 32.0 Å². The van der Waals surface area contributed by atoms with Gasteiger partial charge < -0.3 is 9.30 Å². The number of aryl methyl sites for hydroxylation is 1. The van der Waals surface area contributed by atoms with E-state index in [2.05, 4.69) is 38.3 Å². The number of para-hydroxylation sites is 1. The fourth-order valence-electron chi connectivity index (χ4n) is 3.93. The van der Waals surface area contributed by atoms with Crippen molar-refractivity contribution < 1.29 is 9.53 Å². The predicted molar refractivity (Wildman–Crippen MR) is 137 cm³/mol. The molecule has 6 heteroatoms. The molecular weight excluding hydrogens is 430 g/mol. The minimum absolute atomic E-state index is 0.0117. The number of methoxy groups -OCH3 is 1. The van der Waals surface area contributed by atoms with Gasteiger partial charge in [0.05, 0.1) is 17.7 Å². The molecule has 1 aliphatic heterocycles. The van der Waals surface area contributed by atoms with Gasteiger partial charge in [-0.25, -0.2) is 4.99 Å².